The quantitative estimate of drug-likeness (QED) is 0.680. The maximum atomic E-state index is 13.4. The van der Waals surface area contributed by atoms with Gasteiger partial charge in [0.25, 0.3) is 0 Å². The predicted molar refractivity (Wildman–Crippen MR) is 113 cm³/mol. The van der Waals surface area contributed by atoms with Crippen LogP contribution in [0.5, 0.6) is 0 Å². The molecule has 3 aromatic rings. The maximum absolute atomic E-state index is 13.4. The Kier molecular flexibility index (Phi) is 5.29. The number of nitrogens with one attached hydrogen (secondary N) is 1. The first-order valence-corrected chi connectivity index (χ1v) is 11.1. The van der Waals surface area contributed by atoms with Crippen molar-refractivity contribution >= 4 is 44.1 Å². The van der Waals surface area contributed by atoms with E-state index in [0.29, 0.717) is 29.1 Å². The van der Waals surface area contributed by atoms with Crippen molar-refractivity contribution in [1.29, 1.82) is 0 Å². The highest BCUT2D eigenvalue weighted by Gasteiger charge is 2.40. The molecule has 0 unspecified atom stereocenters. The Balaban J connectivity index is 1.64. The molecular formula is C21H20ClN3O3S. The van der Waals surface area contributed by atoms with Gasteiger partial charge in [-0.05, 0) is 49.6 Å². The van der Waals surface area contributed by atoms with Crippen LogP contribution in [-0.2, 0) is 14.8 Å². The molecule has 1 aliphatic heterocycles. The second kappa shape index (κ2) is 7.74. The Morgan fingerprint density at radius 1 is 1.21 bits per heavy atom. The zero-order chi connectivity index (χ0) is 20.6. The lowest BCUT2D eigenvalue weighted by molar-refractivity contribution is -0.119. The van der Waals surface area contributed by atoms with Crippen LogP contribution in [0, 0.1) is 6.92 Å². The minimum Gasteiger partial charge on any atom is -0.325 e. The molecule has 8 heteroatoms. The maximum Gasteiger partial charge on any atom is 0.245 e. The van der Waals surface area contributed by atoms with Gasteiger partial charge in [-0.2, -0.15) is 4.31 Å². The number of carbonyl (C=O) groups is 1. The summed E-state index contributed by atoms with van der Waals surface area (Å²) in [5, 5.41) is 4.08. The first-order chi connectivity index (χ1) is 13.9. The molecule has 1 atom stereocenters. The Labute approximate surface area is 174 Å². The van der Waals surface area contributed by atoms with Crippen molar-refractivity contribution < 1.29 is 13.2 Å². The number of hydrogen-bond acceptors (Lipinski definition) is 4. The number of pyridine rings is 1. The zero-order valence-electron chi connectivity index (χ0n) is 15.8. The molecule has 0 bridgehead atoms. The molecule has 4 rings (SSSR count). The van der Waals surface area contributed by atoms with Crippen LogP contribution in [0.25, 0.3) is 10.9 Å². The summed E-state index contributed by atoms with van der Waals surface area (Å²) in [6.07, 6.45) is 2.64. The Morgan fingerprint density at radius 2 is 2.00 bits per heavy atom. The number of rotatable bonds is 4. The van der Waals surface area contributed by atoms with E-state index in [1.54, 1.807) is 30.5 Å². The van der Waals surface area contributed by atoms with Crippen molar-refractivity contribution in [2.24, 2.45) is 0 Å². The van der Waals surface area contributed by atoms with E-state index in [1.807, 2.05) is 25.1 Å². The van der Waals surface area contributed by atoms with E-state index in [-0.39, 0.29) is 17.3 Å². The van der Waals surface area contributed by atoms with E-state index in [2.05, 4.69) is 10.3 Å². The van der Waals surface area contributed by atoms with Gasteiger partial charge in [-0.15, -0.1) is 0 Å². The molecule has 1 saturated heterocycles. The van der Waals surface area contributed by atoms with Gasteiger partial charge in [0, 0.05) is 28.8 Å². The number of nitrogens with zero attached hydrogens (tertiary/aromatic N) is 2. The minimum absolute atomic E-state index is 0.119. The average Bonchev–Trinajstić information content (AvgIpc) is 3.21. The van der Waals surface area contributed by atoms with Crippen LogP contribution in [-0.4, -0.2) is 36.2 Å². The average molecular weight is 430 g/mol. The third kappa shape index (κ3) is 3.73. The molecule has 2 heterocycles. The number of fused-ring (bicyclic) bond motifs is 1. The van der Waals surface area contributed by atoms with Crippen LogP contribution in [0.3, 0.4) is 0 Å². The minimum atomic E-state index is -3.88. The number of anilines is 1. The monoisotopic (exact) mass is 429 g/mol. The van der Waals surface area contributed by atoms with E-state index in [0.717, 1.165) is 10.9 Å². The van der Waals surface area contributed by atoms with E-state index >= 15 is 0 Å². The first kappa shape index (κ1) is 19.8. The van der Waals surface area contributed by atoms with E-state index in [1.165, 1.54) is 10.4 Å². The largest absolute Gasteiger partial charge is 0.325 e. The number of para-hydroxylation sites is 1. The third-order valence-electron chi connectivity index (χ3n) is 5.13. The van der Waals surface area contributed by atoms with E-state index < -0.39 is 16.1 Å². The predicted octanol–water partition coefficient (Wildman–Crippen LogP) is 3.99. The number of carbonyl (C=O) groups excluding carboxylic acids is 1. The van der Waals surface area contributed by atoms with Crippen molar-refractivity contribution in [2.45, 2.75) is 30.7 Å². The summed E-state index contributed by atoms with van der Waals surface area (Å²) < 4.78 is 28.1. The van der Waals surface area contributed by atoms with Crippen molar-refractivity contribution in [3.63, 3.8) is 0 Å². The summed E-state index contributed by atoms with van der Waals surface area (Å²) in [6, 6.07) is 13.1. The van der Waals surface area contributed by atoms with Gasteiger partial charge in [0.2, 0.25) is 15.9 Å². The van der Waals surface area contributed by atoms with Gasteiger partial charge < -0.3 is 5.32 Å². The van der Waals surface area contributed by atoms with Crippen molar-refractivity contribution in [1.82, 2.24) is 9.29 Å². The molecule has 0 saturated carbocycles. The number of sulfonamides is 1. The lowest BCUT2D eigenvalue weighted by Gasteiger charge is -2.24. The zero-order valence-corrected chi connectivity index (χ0v) is 17.4. The highest BCUT2D eigenvalue weighted by molar-refractivity contribution is 7.89. The van der Waals surface area contributed by atoms with Crippen LogP contribution in [0.15, 0.2) is 59.6 Å². The van der Waals surface area contributed by atoms with Crippen LogP contribution < -0.4 is 5.32 Å². The van der Waals surface area contributed by atoms with Crippen molar-refractivity contribution in [3.8, 4) is 0 Å². The van der Waals surface area contributed by atoms with Gasteiger partial charge in [-0.25, -0.2) is 8.42 Å². The van der Waals surface area contributed by atoms with Crippen LogP contribution in [0.4, 0.5) is 5.69 Å². The second-order valence-corrected chi connectivity index (χ2v) is 9.32. The molecule has 1 aromatic heterocycles. The number of hydrogen-bond donors (Lipinski definition) is 1. The molecule has 0 spiro atoms. The van der Waals surface area contributed by atoms with E-state index in [9.17, 15) is 13.2 Å². The van der Waals surface area contributed by atoms with Crippen LogP contribution in [0.1, 0.15) is 18.4 Å². The van der Waals surface area contributed by atoms with Gasteiger partial charge in [-0.3, -0.25) is 9.78 Å². The van der Waals surface area contributed by atoms with Gasteiger partial charge in [0.05, 0.1) is 5.52 Å². The SMILES string of the molecule is Cc1ccc(NC(=O)[C@H]2CCCN2S(=O)(=O)c2cccc3cccnc23)cc1Cl. The van der Waals surface area contributed by atoms with Crippen LogP contribution >= 0.6 is 11.6 Å². The molecule has 29 heavy (non-hydrogen) atoms. The van der Waals surface area contributed by atoms with Crippen LogP contribution in [0.2, 0.25) is 5.02 Å². The molecule has 1 N–H and O–H groups in total. The third-order valence-corrected chi connectivity index (χ3v) is 7.48. The smallest absolute Gasteiger partial charge is 0.245 e. The topological polar surface area (TPSA) is 79.4 Å². The summed E-state index contributed by atoms with van der Waals surface area (Å²) >= 11 is 6.13. The lowest BCUT2D eigenvalue weighted by Crippen LogP contribution is -2.43. The van der Waals surface area contributed by atoms with Gasteiger partial charge in [0.1, 0.15) is 10.9 Å². The molecule has 150 valence electrons. The fourth-order valence-corrected chi connectivity index (χ4v) is 5.60. The Morgan fingerprint density at radius 3 is 2.79 bits per heavy atom. The molecule has 6 nitrogen and oxygen atoms in total. The number of benzene rings is 2. The second-order valence-electron chi connectivity index (χ2n) is 7.06. The van der Waals surface area contributed by atoms with Gasteiger partial charge in [-0.1, -0.05) is 35.9 Å². The molecule has 0 radical (unpaired) electrons. The summed E-state index contributed by atoms with van der Waals surface area (Å²) in [6.45, 7) is 2.16. The Hall–Kier alpha value is -2.48. The molecule has 1 aliphatic rings. The Bertz CT molecular complexity index is 1190. The number of amides is 1. The number of aromatic nitrogens is 1. The van der Waals surface area contributed by atoms with Gasteiger partial charge >= 0.3 is 0 Å². The summed E-state index contributed by atoms with van der Waals surface area (Å²) in [4.78, 5) is 17.3. The molecular weight excluding hydrogens is 410 g/mol. The summed E-state index contributed by atoms with van der Waals surface area (Å²) in [7, 11) is -3.88. The number of halogens is 1. The number of aryl methyl sites for hydroxylation is 1. The fourth-order valence-electron chi connectivity index (χ4n) is 3.60. The molecule has 2 aromatic carbocycles. The van der Waals surface area contributed by atoms with Crippen molar-refractivity contribution in [3.05, 3.63) is 65.3 Å². The highest BCUT2D eigenvalue weighted by Crippen LogP contribution is 2.30. The molecule has 1 amide bonds. The lowest BCUT2D eigenvalue weighted by atomic mass is 10.2. The normalized spacial score (nSPS) is 17.5. The van der Waals surface area contributed by atoms with E-state index in [4.69, 9.17) is 11.6 Å². The van der Waals surface area contributed by atoms with Gasteiger partial charge in [0.15, 0.2) is 0 Å². The standard InChI is InChI=1S/C21H20ClN3O3S/c1-14-9-10-16(13-17(14)22)24-21(26)18-7-4-12-25(18)29(27,28)19-8-2-5-15-6-3-11-23-20(15)19/h2-3,5-6,8-11,13,18H,4,7,12H2,1H3,(H,24,26)/t18-/m1/s1. The first-order valence-electron chi connectivity index (χ1n) is 9.30. The molecule has 1 fully saturated rings. The summed E-state index contributed by atoms with van der Waals surface area (Å²) in [5.41, 5.74) is 1.85. The summed E-state index contributed by atoms with van der Waals surface area (Å²) in [5.74, 6) is -0.362. The molecule has 0 aliphatic carbocycles. The fraction of sp³-hybridized carbons (Fsp3) is 0.238. The highest BCUT2D eigenvalue weighted by atomic mass is 35.5. The van der Waals surface area contributed by atoms with Crippen molar-refractivity contribution in [2.75, 3.05) is 11.9 Å².